The van der Waals surface area contributed by atoms with Crippen LogP contribution in [0, 0.1) is 0 Å². The maximum absolute atomic E-state index is 12.4. The highest BCUT2D eigenvalue weighted by molar-refractivity contribution is 9.10. The number of carbonyl (C=O) groups is 1. The molecule has 0 saturated carbocycles. The maximum atomic E-state index is 12.4. The molecule has 0 radical (unpaired) electrons. The second-order valence-corrected chi connectivity index (χ2v) is 6.07. The van der Waals surface area contributed by atoms with E-state index >= 15 is 0 Å². The van der Waals surface area contributed by atoms with Crippen molar-refractivity contribution in [3.8, 4) is 5.88 Å². The van der Waals surface area contributed by atoms with Crippen LogP contribution in [0.15, 0.2) is 41.0 Å². The van der Waals surface area contributed by atoms with Crippen molar-refractivity contribution >= 4 is 39.1 Å². The Morgan fingerprint density at radius 3 is 2.58 bits per heavy atom. The number of hydrogen-bond acceptors (Lipinski definition) is 3. The first-order chi connectivity index (χ1) is 11.2. The van der Waals surface area contributed by atoms with Gasteiger partial charge in [0.2, 0.25) is 5.88 Å². The number of amides is 1. The van der Waals surface area contributed by atoms with Gasteiger partial charge in [0.1, 0.15) is 0 Å². The van der Waals surface area contributed by atoms with E-state index in [4.69, 9.17) is 11.6 Å². The minimum atomic E-state index is -4.45. The number of rotatable bonds is 4. The lowest BCUT2D eigenvalue weighted by molar-refractivity contribution is -0.154. The minimum absolute atomic E-state index is 0.191. The van der Waals surface area contributed by atoms with Gasteiger partial charge in [-0.25, -0.2) is 4.98 Å². The number of nitrogens with zero attached hydrogens (tertiary/aromatic N) is 2. The first-order valence-corrected chi connectivity index (χ1v) is 7.73. The summed E-state index contributed by atoms with van der Waals surface area (Å²) in [5.41, 5.74) is 0.679. The van der Waals surface area contributed by atoms with Gasteiger partial charge in [0.15, 0.2) is 6.61 Å². The smallest absolute Gasteiger partial charge is 0.422 e. The summed E-state index contributed by atoms with van der Waals surface area (Å²) in [6.45, 7) is -1.44. The normalized spacial score (nSPS) is 11.2. The zero-order valence-electron chi connectivity index (χ0n) is 12.3. The number of halogens is 5. The number of hydrogen-bond donors (Lipinski definition) is 0. The van der Waals surface area contributed by atoms with Crippen molar-refractivity contribution in [3.63, 3.8) is 0 Å². The van der Waals surface area contributed by atoms with Crippen LogP contribution in [0.3, 0.4) is 0 Å². The van der Waals surface area contributed by atoms with Gasteiger partial charge in [-0.2, -0.15) is 13.2 Å². The van der Waals surface area contributed by atoms with E-state index in [9.17, 15) is 18.0 Å². The lowest BCUT2D eigenvalue weighted by atomic mass is 10.2. The second kappa shape index (κ2) is 7.40. The Labute approximate surface area is 149 Å². The Morgan fingerprint density at radius 2 is 2.04 bits per heavy atom. The standard InChI is InChI=1S/C15H11BrClF3N2O2/c1-22(12-4-3-10(16)6-11(12)17)14(23)9-2-5-13(21-7-9)24-8-15(18,19)20/h2-7H,8H2,1H3. The molecule has 2 rings (SSSR count). The summed E-state index contributed by atoms with van der Waals surface area (Å²) in [5.74, 6) is -0.623. The zero-order chi connectivity index (χ0) is 17.9. The quantitative estimate of drug-likeness (QED) is 0.715. The number of alkyl halides is 3. The first kappa shape index (κ1) is 18.5. The van der Waals surface area contributed by atoms with Gasteiger partial charge >= 0.3 is 6.18 Å². The van der Waals surface area contributed by atoms with E-state index in [1.54, 1.807) is 18.2 Å². The number of aromatic nitrogens is 1. The Morgan fingerprint density at radius 1 is 1.33 bits per heavy atom. The van der Waals surface area contributed by atoms with Gasteiger partial charge in [-0.05, 0) is 24.3 Å². The third-order valence-electron chi connectivity index (χ3n) is 2.94. The fourth-order valence-electron chi connectivity index (χ4n) is 1.80. The number of ether oxygens (including phenoxy) is 1. The SMILES string of the molecule is CN(C(=O)c1ccc(OCC(F)(F)F)nc1)c1ccc(Br)cc1Cl. The van der Waals surface area contributed by atoms with E-state index in [1.807, 2.05) is 0 Å². The summed E-state index contributed by atoms with van der Waals surface area (Å²) in [7, 11) is 1.53. The highest BCUT2D eigenvalue weighted by Crippen LogP contribution is 2.29. The van der Waals surface area contributed by atoms with E-state index < -0.39 is 18.7 Å². The van der Waals surface area contributed by atoms with Gasteiger partial charge in [0.05, 0.1) is 16.3 Å². The van der Waals surface area contributed by atoms with E-state index in [0.717, 1.165) is 10.7 Å². The second-order valence-electron chi connectivity index (χ2n) is 4.75. The molecule has 0 bridgehead atoms. The van der Waals surface area contributed by atoms with Crippen LogP contribution < -0.4 is 9.64 Å². The molecule has 0 spiro atoms. The van der Waals surface area contributed by atoms with Crippen LogP contribution in [-0.2, 0) is 0 Å². The monoisotopic (exact) mass is 422 g/mol. The summed E-state index contributed by atoms with van der Waals surface area (Å²) >= 11 is 9.37. The van der Waals surface area contributed by atoms with Gasteiger partial charge in [0.25, 0.3) is 5.91 Å². The molecule has 0 aliphatic carbocycles. The van der Waals surface area contributed by atoms with E-state index in [1.165, 1.54) is 24.1 Å². The topological polar surface area (TPSA) is 42.4 Å². The molecule has 24 heavy (non-hydrogen) atoms. The predicted octanol–water partition coefficient (Wildman–Crippen LogP) is 4.72. The fourth-order valence-corrected chi connectivity index (χ4v) is 2.60. The number of pyridine rings is 1. The molecule has 0 aliphatic rings. The number of carbonyl (C=O) groups excluding carboxylic acids is 1. The van der Waals surface area contributed by atoms with Crippen LogP contribution in [-0.4, -0.2) is 30.7 Å². The molecular weight excluding hydrogens is 413 g/mol. The molecule has 2 aromatic rings. The molecule has 1 amide bonds. The van der Waals surface area contributed by atoms with Crippen LogP contribution in [0.25, 0.3) is 0 Å². The van der Waals surface area contributed by atoms with Crippen molar-refractivity contribution in [1.82, 2.24) is 4.98 Å². The third-order valence-corrected chi connectivity index (χ3v) is 3.74. The summed E-state index contributed by atoms with van der Waals surface area (Å²) < 4.78 is 41.5. The Balaban J connectivity index is 2.11. The van der Waals surface area contributed by atoms with Gasteiger partial charge in [-0.15, -0.1) is 0 Å². The zero-order valence-corrected chi connectivity index (χ0v) is 14.6. The molecule has 1 heterocycles. The van der Waals surface area contributed by atoms with Crippen LogP contribution in [0.1, 0.15) is 10.4 Å². The molecule has 0 atom stereocenters. The lowest BCUT2D eigenvalue weighted by Crippen LogP contribution is -2.26. The molecule has 0 aliphatic heterocycles. The molecule has 0 N–H and O–H groups in total. The Bertz CT molecular complexity index is 738. The maximum Gasteiger partial charge on any atom is 0.422 e. The summed E-state index contributed by atoms with van der Waals surface area (Å²) in [6.07, 6.45) is -3.30. The molecule has 1 aromatic carbocycles. The largest absolute Gasteiger partial charge is 0.468 e. The van der Waals surface area contributed by atoms with Crippen molar-refractivity contribution in [1.29, 1.82) is 0 Å². The summed E-state index contributed by atoms with van der Waals surface area (Å²) in [5, 5.41) is 0.373. The van der Waals surface area contributed by atoms with Crippen LogP contribution >= 0.6 is 27.5 Å². The average molecular weight is 424 g/mol. The molecule has 9 heteroatoms. The van der Waals surface area contributed by atoms with Gasteiger partial charge in [0, 0.05) is 23.8 Å². The van der Waals surface area contributed by atoms with Gasteiger partial charge < -0.3 is 9.64 Å². The van der Waals surface area contributed by atoms with Gasteiger partial charge in [-0.1, -0.05) is 27.5 Å². The predicted molar refractivity (Wildman–Crippen MR) is 87.7 cm³/mol. The summed E-state index contributed by atoms with van der Waals surface area (Å²) in [4.78, 5) is 17.4. The highest BCUT2D eigenvalue weighted by Gasteiger charge is 2.28. The molecular formula is C15H11BrClF3N2O2. The molecule has 0 fully saturated rings. The number of anilines is 1. The number of benzene rings is 1. The minimum Gasteiger partial charge on any atom is -0.468 e. The van der Waals surface area contributed by atoms with E-state index in [0.29, 0.717) is 10.7 Å². The van der Waals surface area contributed by atoms with E-state index in [-0.39, 0.29) is 11.4 Å². The first-order valence-electron chi connectivity index (χ1n) is 6.56. The molecule has 0 unspecified atom stereocenters. The van der Waals surface area contributed by atoms with Crippen LogP contribution in [0.5, 0.6) is 5.88 Å². The van der Waals surface area contributed by atoms with Crippen molar-refractivity contribution in [2.75, 3.05) is 18.6 Å². The fraction of sp³-hybridized carbons (Fsp3) is 0.200. The average Bonchev–Trinajstić information content (AvgIpc) is 2.51. The van der Waals surface area contributed by atoms with Crippen molar-refractivity contribution in [2.24, 2.45) is 0 Å². The molecule has 128 valence electrons. The van der Waals surface area contributed by atoms with Crippen LogP contribution in [0.2, 0.25) is 5.02 Å². The van der Waals surface area contributed by atoms with Crippen molar-refractivity contribution in [2.45, 2.75) is 6.18 Å². The molecule has 4 nitrogen and oxygen atoms in total. The van der Waals surface area contributed by atoms with Crippen molar-refractivity contribution < 1.29 is 22.7 Å². The Hall–Kier alpha value is -1.80. The van der Waals surface area contributed by atoms with Gasteiger partial charge in [-0.3, -0.25) is 4.79 Å². The third kappa shape index (κ3) is 4.85. The molecule has 0 saturated heterocycles. The molecule has 1 aromatic heterocycles. The van der Waals surface area contributed by atoms with Crippen LogP contribution in [0.4, 0.5) is 18.9 Å². The highest BCUT2D eigenvalue weighted by atomic mass is 79.9. The lowest BCUT2D eigenvalue weighted by Gasteiger charge is -2.19. The van der Waals surface area contributed by atoms with Crippen molar-refractivity contribution in [3.05, 3.63) is 51.6 Å². The summed E-state index contributed by atoms with van der Waals surface area (Å²) in [6, 6.07) is 7.59. The Kier molecular flexibility index (Phi) is 5.71. The van der Waals surface area contributed by atoms with E-state index in [2.05, 4.69) is 25.7 Å².